The fourth-order valence-corrected chi connectivity index (χ4v) is 2.36. The average Bonchev–Trinajstić information content (AvgIpc) is 2.55. The quantitative estimate of drug-likeness (QED) is 0.885. The normalized spacial score (nSPS) is 10.2. The molecule has 0 bridgehead atoms. The molecule has 0 fully saturated rings. The minimum atomic E-state index is -0.153. The molecule has 1 aromatic heterocycles. The van der Waals surface area contributed by atoms with Crippen LogP contribution < -0.4 is 10.2 Å². The molecule has 6 heteroatoms. The average molecular weight is 332 g/mol. The summed E-state index contributed by atoms with van der Waals surface area (Å²) in [6.45, 7) is 2.17. The Morgan fingerprint density at radius 3 is 2.52 bits per heavy atom. The number of nitrogens with zero attached hydrogens (tertiary/aromatic N) is 2. The van der Waals surface area contributed by atoms with Crippen LogP contribution in [0.1, 0.15) is 18.9 Å². The van der Waals surface area contributed by atoms with Crippen molar-refractivity contribution in [2.75, 3.05) is 11.4 Å². The van der Waals surface area contributed by atoms with Crippen LogP contribution in [0.3, 0.4) is 0 Å². The smallest absolute Gasteiger partial charge is 0.223 e. The highest BCUT2D eigenvalue weighted by Crippen LogP contribution is 2.25. The first-order valence-corrected chi connectivity index (χ1v) is 7.64. The third-order valence-corrected chi connectivity index (χ3v) is 3.64. The first kappa shape index (κ1) is 17.0. The Morgan fingerprint density at radius 1 is 1.17 bits per heavy atom. The molecule has 0 saturated heterocycles. The zero-order valence-corrected chi connectivity index (χ0v) is 13.6. The lowest BCUT2D eigenvalue weighted by Gasteiger charge is -2.22. The largest absolute Gasteiger partial charge is 0.352 e. The van der Waals surface area contributed by atoms with Gasteiger partial charge in [-0.1, -0.05) is 23.7 Å². The van der Waals surface area contributed by atoms with Crippen LogP contribution in [0.25, 0.3) is 0 Å². The van der Waals surface area contributed by atoms with Crippen LogP contribution in [-0.2, 0) is 16.1 Å². The van der Waals surface area contributed by atoms with E-state index in [-0.39, 0.29) is 24.8 Å². The Balaban J connectivity index is 1.90. The number of amides is 2. The standard InChI is InChI=1S/C17H18ClN3O2/c1-13(22)21(16-5-3-2-4-15(16)18)11-8-17(23)20-12-14-6-9-19-10-7-14/h2-7,9-10H,8,11-12H2,1H3,(H,20,23). The second-order valence-electron chi connectivity index (χ2n) is 5.00. The number of para-hydroxylation sites is 1. The van der Waals surface area contributed by atoms with Crippen LogP contribution in [0.4, 0.5) is 5.69 Å². The van der Waals surface area contributed by atoms with Gasteiger partial charge in [0, 0.05) is 38.8 Å². The number of nitrogens with one attached hydrogen (secondary N) is 1. The van der Waals surface area contributed by atoms with E-state index in [4.69, 9.17) is 11.6 Å². The Bertz CT molecular complexity index is 677. The maximum atomic E-state index is 12.0. The molecular weight excluding hydrogens is 314 g/mol. The summed E-state index contributed by atoms with van der Waals surface area (Å²) in [7, 11) is 0. The molecule has 1 aromatic carbocycles. The molecule has 2 aromatic rings. The van der Waals surface area contributed by atoms with Crippen molar-refractivity contribution in [3.05, 3.63) is 59.4 Å². The molecule has 23 heavy (non-hydrogen) atoms. The number of hydrogen-bond acceptors (Lipinski definition) is 3. The summed E-state index contributed by atoms with van der Waals surface area (Å²) in [5.41, 5.74) is 1.59. The van der Waals surface area contributed by atoms with Crippen molar-refractivity contribution in [2.45, 2.75) is 19.9 Å². The van der Waals surface area contributed by atoms with E-state index >= 15 is 0 Å². The fourth-order valence-electron chi connectivity index (χ4n) is 2.12. The van der Waals surface area contributed by atoms with E-state index in [1.54, 1.807) is 36.7 Å². The number of benzene rings is 1. The van der Waals surface area contributed by atoms with Crippen molar-refractivity contribution >= 4 is 29.1 Å². The van der Waals surface area contributed by atoms with Crippen molar-refractivity contribution in [1.82, 2.24) is 10.3 Å². The highest BCUT2D eigenvalue weighted by atomic mass is 35.5. The number of anilines is 1. The third-order valence-electron chi connectivity index (χ3n) is 3.32. The molecule has 0 radical (unpaired) electrons. The van der Waals surface area contributed by atoms with Crippen LogP contribution in [-0.4, -0.2) is 23.3 Å². The molecule has 2 amide bonds. The van der Waals surface area contributed by atoms with E-state index in [1.165, 1.54) is 11.8 Å². The summed E-state index contributed by atoms with van der Waals surface area (Å²) < 4.78 is 0. The molecule has 120 valence electrons. The molecule has 5 nitrogen and oxygen atoms in total. The number of carbonyl (C=O) groups is 2. The molecule has 1 heterocycles. The van der Waals surface area contributed by atoms with Gasteiger partial charge in [0.2, 0.25) is 11.8 Å². The summed E-state index contributed by atoms with van der Waals surface area (Å²) in [6.07, 6.45) is 3.56. The summed E-state index contributed by atoms with van der Waals surface area (Å²) in [4.78, 5) is 29.2. The second-order valence-corrected chi connectivity index (χ2v) is 5.41. The Kier molecular flexibility index (Phi) is 6.11. The fraction of sp³-hybridized carbons (Fsp3) is 0.235. The number of hydrogen-bond donors (Lipinski definition) is 1. The topological polar surface area (TPSA) is 62.3 Å². The zero-order valence-electron chi connectivity index (χ0n) is 12.8. The van der Waals surface area contributed by atoms with Gasteiger partial charge in [0.05, 0.1) is 10.7 Å². The molecule has 1 N–H and O–H groups in total. The van der Waals surface area contributed by atoms with Gasteiger partial charge in [0.1, 0.15) is 0 Å². The summed E-state index contributed by atoms with van der Waals surface area (Å²) in [5, 5.41) is 3.31. The first-order valence-electron chi connectivity index (χ1n) is 7.26. The molecule has 0 atom stereocenters. The minimum Gasteiger partial charge on any atom is -0.352 e. The lowest BCUT2D eigenvalue weighted by molar-refractivity contribution is -0.121. The summed E-state index contributed by atoms with van der Waals surface area (Å²) in [5.74, 6) is -0.278. The summed E-state index contributed by atoms with van der Waals surface area (Å²) >= 11 is 6.12. The summed E-state index contributed by atoms with van der Waals surface area (Å²) in [6, 6.07) is 10.8. The van der Waals surface area contributed by atoms with Crippen LogP contribution >= 0.6 is 11.6 Å². The maximum absolute atomic E-state index is 12.0. The van der Waals surface area contributed by atoms with Gasteiger partial charge < -0.3 is 10.2 Å². The number of aromatic nitrogens is 1. The van der Waals surface area contributed by atoms with Crippen molar-refractivity contribution in [3.63, 3.8) is 0 Å². The predicted octanol–water partition coefficient (Wildman–Crippen LogP) is 2.79. The Morgan fingerprint density at radius 2 is 1.87 bits per heavy atom. The molecule has 0 spiro atoms. The monoisotopic (exact) mass is 331 g/mol. The molecule has 0 saturated carbocycles. The maximum Gasteiger partial charge on any atom is 0.223 e. The second kappa shape index (κ2) is 8.29. The molecule has 2 rings (SSSR count). The van der Waals surface area contributed by atoms with E-state index in [9.17, 15) is 9.59 Å². The number of halogens is 1. The molecule has 0 aliphatic carbocycles. The first-order chi connectivity index (χ1) is 11.1. The van der Waals surface area contributed by atoms with Crippen molar-refractivity contribution in [2.24, 2.45) is 0 Å². The van der Waals surface area contributed by atoms with Gasteiger partial charge in [-0.15, -0.1) is 0 Å². The van der Waals surface area contributed by atoms with Gasteiger partial charge in [0.25, 0.3) is 0 Å². The minimum absolute atomic E-state index is 0.125. The van der Waals surface area contributed by atoms with Crippen LogP contribution in [0.2, 0.25) is 5.02 Å². The van der Waals surface area contributed by atoms with E-state index in [2.05, 4.69) is 10.3 Å². The highest BCUT2D eigenvalue weighted by Gasteiger charge is 2.15. The molecule has 0 unspecified atom stereocenters. The van der Waals surface area contributed by atoms with E-state index in [0.717, 1.165) is 5.56 Å². The third kappa shape index (κ3) is 5.07. The molecule has 0 aliphatic heterocycles. The van der Waals surface area contributed by atoms with Gasteiger partial charge in [-0.05, 0) is 29.8 Å². The Labute approximate surface area is 140 Å². The van der Waals surface area contributed by atoms with Crippen LogP contribution in [0, 0.1) is 0 Å². The molecule has 0 aliphatic rings. The van der Waals surface area contributed by atoms with Crippen molar-refractivity contribution < 1.29 is 9.59 Å². The number of carbonyl (C=O) groups excluding carboxylic acids is 2. The van der Waals surface area contributed by atoms with Crippen LogP contribution in [0.5, 0.6) is 0 Å². The lowest BCUT2D eigenvalue weighted by Crippen LogP contribution is -2.33. The van der Waals surface area contributed by atoms with Gasteiger partial charge in [-0.3, -0.25) is 14.6 Å². The van der Waals surface area contributed by atoms with E-state index < -0.39 is 0 Å². The zero-order chi connectivity index (χ0) is 16.7. The van der Waals surface area contributed by atoms with Gasteiger partial charge in [0.15, 0.2) is 0 Å². The number of rotatable bonds is 6. The Hall–Kier alpha value is -2.40. The number of pyridine rings is 1. The molecular formula is C17H18ClN3O2. The van der Waals surface area contributed by atoms with E-state index in [0.29, 0.717) is 17.3 Å². The SMILES string of the molecule is CC(=O)N(CCC(=O)NCc1ccncc1)c1ccccc1Cl. The lowest BCUT2D eigenvalue weighted by atomic mass is 10.2. The van der Waals surface area contributed by atoms with Gasteiger partial charge in [-0.2, -0.15) is 0 Å². The van der Waals surface area contributed by atoms with Gasteiger partial charge >= 0.3 is 0 Å². The highest BCUT2D eigenvalue weighted by molar-refractivity contribution is 6.33. The van der Waals surface area contributed by atoms with E-state index in [1.807, 2.05) is 12.1 Å². The van der Waals surface area contributed by atoms with Crippen molar-refractivity contribution in [1.29, 1.82) is 0 Å². The van der Waals surface area contributed by atoms with Gasteiger partial charge in [-0.25, -0.2) is 0 Å². The van der Waals surface area contributed by atoms with Crippen LogP contribution in [0.15, 0.2) is 48.8 Å². The predicted molar refractivity (Wildman–Crippen MR) is 90.2 cm³/mol. The van der Waals surface area contributed by atoms with Crippen molar-refractivity contribution in [3.8, 4) is 0 Å².